The Hall–Kier alpha value is -3.48. The second kappa shape index (κ2) is 9.05. The number of nitrogens with one attached hydrogen (secondary N) is 1. The molecule has 2 aliphatic carbocycles. The van der Waals surface area contributed by atoms with Crippen LogP contribution in [0.2, 0.25) is 0 Å². The first-order valence-corrected chi connectivity index (χ1v) is 12.4. The molecule has 5 nitrogen and oxygen atoms in total. The van der Waals surface area contributed by atoms with Gasteiger partial charge in [-0.15, -0.1) is 0 Å². The molecule has 0 bridgehead atoms. The van der Waals surface area contributed by atoms with Crippen molar-refractivity contribution < 1.29 is 17.9 Å². The fraction of sp³-hybridized carbons (Fsp3) is 0.179. The monoisotopic (exact) mass is 473 g/mol. The molecule has 2 aromatic rings. The van der Waals surface area contributed by atoms with Gasteiger partial charge in [-0.2, -0.15) is 0 Å². The summed E-state index contributed by atoms with van der Waals surface area (Å²) in [4.78, 5) is 13.2. The summed E-state index contributed by atoms with van der Waals surface area (Å²) >= 11 is 0. The zero-order valence-electron chi connectivity index (χ0n) is 19.6. The molecule has 0 aromatic heterocycles. The summed E-state index contributed by atoms with van der Waals surface area (Å²) < 4.78 is 33.4. The average molecular weight is 474 g/mol. The molecular weight excluding hydrogens is 446 g/mol. The van der Waals surface area contributed by atoms with Crippen molar-refractivity contribution in [1.82, 2.24) is 4.72 Å². The minimum atomic E-state index is -3.69. The summed E-state index contributed by atoms with van der Waals surface area (Å²) in [5, 5.41) is 0. The largest absolute Gasteiger partial charge is 0.465 e. The van der Waals surface area contributed by atoms with Gasteiger partial charge < -0.3 is 4.74 Å². The third-order valence-electron chi connectivity index (χ3n) is 5.42. The molecule has 0 atom stereocenters. The fourth-order valence-electron chi connectivity index (χ4n) is 4.15. The lowest BCUT2D eigenvalue weighted by atomic mass is 9.95. The number of hydrogen-bond donors (Lipinski definition) is 1. The van der Waals surface area contributed by atoms with E-state index in [9.17, 15) is 13.2 Å². The Kier molecular flexibility index (Phi) is 6.30. The molecule has 0 fully saturated rings. The van der Waals surface area contributed by atoms with Gasteiger partial charge in [-0.25, -0.2) is 17.9 Å². The molecule has 34 heavy (non-hydrogen) atoms. The van der Waals surface area contributed by atoms with Crippen molar-refractivity contribution in [2.24, 2.45) is 0 Å². The topological polar surface area (TPSA) is 72.5 Å². The third kappa shape index (κ3) is 4.60. The van der Waals surface area contributed by atoms with Gasteiger partial charge in [-0.1, -0.05) is 72.8 Å². The van der Waals surface area contributed by atoms with Crippen LogP contribution in [-0.2, 0) is 14.8 Å². The summed E-state index contributed by atoms with van der Waals surface area (Å²) in [6, 6.07) is 26.1. The molecule has 0 unspecified atom stereocenters. The van der Waals surface area contributed by atoms with Crippen LogP contribution in [0.1, 0.15) is 31.1 Å². The van der Waals surface area contributed by atoms with E-state index in [0.717, 1.165) is 27.8 Å². The van der Waals surface area contributed by atoms with Gasteiger partial charge in [0.2, 0.25) is 10.0 Å². The smallest absolute Gasteiger partial charge is 0.339 e. The highest BCUT2D eigenvalue weighted by Crippen LogP contribution is 2.48. The average Bonchev–Trinajstić information content (AvgIpc) is 2.93. The molecule has 0 amide bonds. The maximum absolute atomic E-state index is 13.0. The molecule has 174 valence electrons. The Bertz CT molecular complexity index is 1400. The van der Waals surface area contributed by atoms with Crippen molar-refractivity contribution in [3.8, 4) is 33.4 Å². The molecule has 6 heteroatoms. The molecule has 4 rings (SSSR count). The number of ether oxygens (including phenoxy) is 1. The van der Waals surface area contributed by atoms with Crippen LogP contribution in [0.3, 0.4) is 0 Å². The number of benzene rings is 2. The molecule has 0 spiro atoms. The molecule has 0 saturated heterocycles. The van der Waals surface area contributed by atoms with Crippen LogP contribution in [0, 0.1) is 0 Å². The second-order valence-electron chi connectivity index (χ2n) is 9.10. The number of esters is 1. The number of sulfonamides is 1. The summed E-state index contributed by atoms with van der Waals surface area (Å²) in [5.41, 5.74) is 4.84. The van der Waals surface area contributed by atoms with Gasteiger partial charge in [-0.05, 0) is 60.7 Å². The van der Waals surface area contributed by atoms with Crippen LogP contribution in [0.5, 0.6) is 0 Å². The number of rotatable bonds is 5. The maximum Gasteiger partial charge on any atom is 0.339 e. The third-order valence-corrected chi connectivity index (χ3v) is 7.20. The molecular formula is C28H27NO4S. The highest BCUT2D eigenvalue weighted by Gasteiger charge is 2.29. The Morgan fingerprint density at radius 3 is 1.82 bits per heavy atom. The quantitative estimate of drug-likeness (QED) is 0.362. The lowest BCUT2D eigenvalue weighted by Crippen LogP contribution is -2.40. The Balaban J connectivity index is 1.99. The van der Waals surface area contributed by atoms with Crippen molar-refractivity contribution in [2.45, 2.75) is 31.2 Å². The van der Waals surface area contributed by atoms with Crippen LogP contribution >= 0.6 is 0 Å². The van der Waals surface area contributed by atoms with Gasteiger partial charge in [0, 0.05) is 11.1 Å². The van der Waals surface area contributed by atoms with Crippen LogP contribution in [0.15, 0.2) is 89.8 Å². The van der Waals surface area contributed by atoms with E-state index < -0.39 is 21.5 Å². The predicted molar refractivity (Wildman–Crippen MR) is 135 cm³/mol. The van der Waals surface area contributed by atoms with E-state index in [0.29, 0.717) is 11.1 Å². The first-order chi connectivity index (χ1) is 16.1. The minimum Gasteiger partial charge on any atom is -0.465 e. The molecule has 0 radical (unpaired) electrons. The van der Waals surface area contributed by atoms with Gasteiger partial charge in [0.05, 0.1) is 17.6 Å². The number of carbonyl (C=O) groups is 1. The van der Waals surface area contributed by atoms with Crippen molar-refractivity contribution in [1.29, 1.82) is 0 Å². The van der Waals surface area contributed by atoms with E-state index in [-0.39, 0.29) is 4.90 Å². The normalized spacial score (nSPS) is 12.0. The number of fused-ring (bicyclic) bond motifs is 1. The maximum atomic E-state index is 13.0. The first kappa shape index (κ1) is 23.7. The van der Waals surface area contributed by atoms with Crippen molar-refractivity contribution >= 4 is 16.0 Å². The van der Waals surface area contributed by atoms with E-state index in [4.69, 9.17) is 4.74 Å². The van der Waals surface area contributed by atoms with Crippen LogP contribution in [-0.4, -0.2) is 27.0 Å². The lowest BCUT2D eigenvalue weighted by molar-refractivity contribution is 0.0603. The van der Waals surface area contributed by atoms with Crippen LogP contribution < -0.4 is 4.72 Å². The first-order valence-electron chi connectivity index (χ1n) is 11.0. The minimum absolute atomic E-state index is 0.162. The molecule has 0 heterocycles. The van der Waals surface area contributed by atoms with Gasteiger partial charge in [-0.3, -0.25) is 0 Å². The summed E-state index contributed by atoms with van der Waals surface area (Å²) in [6.07, 6.45) is 0. The summed E-state index contributed by atoms with van der Waals surface area (Å²) in [6.45, 7) is 5.38. The molecule has 0 aliphatic heterocycles. The molecule has 2 aliphatic rings. The Morgan fingerprint density at radius 2 is 1.26 bits per heavy atom. The fourth-order valence-corrected chi connectivity index (χ4v) is 5.57. The number of carbonyl (C=O) groups excluding carboxylic acids is 1. The summed E-state index contributed by atoms with van der Waals surface area (Å²) in [5.74, 6) is -0.445. The van der Waals surface area contributed by atoms with Crippen LogP contribution in [0.25, 0.3) is 33.4 Å². The van der Waals surface area contributed by atoms with Gasteiger partial charge in [0.15, 0.2) is 0 Å². The van der Waals surface area contributed by atoms with E-state index in [2.05, 4.69) is 4.72 Å². The SMILES string of the molecule is COC(=O)c1c2cccccc-2c(-c2ccccc2)c1-c1ccc(S(=O)(=O)NC(C)(C)C)cc1. The van der Waals surface area contributed by atoms with Crippen molar-refractivity contribution in [3.05, 3.63) is 90.5 Å². The highest BCUT2D eigenvalue weighted by atomic mass is 32.2. The van der Waals surface area contributed by atoms with Gasteiger partial charge in [0.1, 0.15) is 0 Å². The standard InChI is InChI=1S/C28H27NO4S/c1-28(2,3)29-34(31,32)21-17-15-20(16-18-21)25-24(19-11-7-5-8-12-19)22-13-9-6-10-14-23(22)26(25)27(30)33-4/h5-18,29H,1-4H3. The number of hydrogen-bond acceptors (Lipinski definition) is 4. The predicted octanol–water partition coefficient (Wildman–Crippen LogP) is 5.99. The summed E-state index contributed by atoms with van der Waals surface area (Å²) in [7, 11) is -2.32. The lowest BCUT2D eigenvalue weighted by Gasteiger charge is -2.20. The van der Waals surface area contributed by atoms with Crippen LogP contribution in [0.4, 0.5) is 0 Å². The Morgan fingerprint density at radius 1 is 0.735 bits per heavy atom. The highest BCUT2D eigenvalue weighted by molar-refractivity contribution is 7.89. The van der Waals surface area contributed by atoms with E-state index in [1.54, 1.807) is 45.0 Å². The van der Waals surface area contributed by atoms with Crippen molar-refractivity contribution in [2.75, 3.05) is 7.11 Å². The van der Waals surface area contributed by atoms with Gasteiger partial charge >= 0.3 is 5.97 Å². The van der Waals surface area contributed by atoms with E-state index in [1.165, 1.54) is 7.11 Å². The molecule has 2 aromatic carbocycles. The van der Waals surface area contributed by atoms with Crippen molar-refractivity contribution in [3.63, 3.8) is 0 Å². The Labute approximate surface area is 200 Å². The zero-order valence-corrected chi connectivity index (χ0v) is 20.4. The molecule has 0 saturated carbocycles. The second-order valence-corrected chi connectivity index (χ2v) is 10.8. The van der Waals surface area contributed by atoms with Gasteiger partial charge in [0.25, 0.3) is 0 Å². The zero-order chi connectivity index (χ0) is 24.5. The van der Waals surface area contributed by atoms with E-state index >= 15 is 0 Å². The van der Waals surface area contributed by atoms with E-state index in [1.807, 2.05) is 60.7 Å². The molecule has 1 N–H and O–H groups in total. The number of methoxy groups -OCH3 is 1.